The second-order valence-electron chi connectivity index (χ2n) is 4.99. The Balaban J connectivity index is 2.00. The SMILES string of the molecule is O=CCCc1cn(Cc2ccccc2)c2ccccc12. The van der Waals surface area contributed by atoms with Crippen molar-refractivity contribution in [2.45, 2.75) is 19.4 Å². The fraction of sp³-hybridized carbons (Fsp3) is 0.167. The number of fused-ring (bicyclic) bond motifs is 1. The Labute approximate surface area is 118 Å². The highest BCUT2D eigenvalue weighted by molar-refractivity contribution is 5.84. The molecule has 0 radical (unpaired) electrons. The van der Waals surface area contributed by atoms with Crippen LogP contribution in [0.15, 0.2) is 60.8 Å². The number of hydrogen-bond donors (Lipinski definition) is 0. The lowest BCUT2D eigenvalue weighted by atomic mass is 10.1. The van der Waals surface area contributed by atoms with Gasteiger partial charge in [0.25, 0.3) is 0 Å². The van der Waals surface area contributed by atoms with E-state index in [1.165, 1.54) is 22.0 Å². The van der Waals surface area contributed by atoms with Gasteiger partial charge in [0.2, 0.25) is 0 Å². The summed E-state index contributed by atoms with van der Waals surface area (Å²) in [4.78, 5) is 10.6. The smallest absolute Gasteiger partial charge is 0.120 e. The number of aromatic nitrogens is 1. The molecule has 0 spiro atoms. The Morgan fingerprint density at radius 2 is 1.70 bits per heavy atom. The number of rotatable bonds is 5. The molecular formula is C18H17NO. The molecule has 2 heteroatoms. The van der Waals surface area contributed by atoms with Crippen molar-refractivity contribution in [1.29, 1.82) is 0 Å². The van der Waals surface area contributed by atoms with Crippen LogP contribution in [0.4, 0.5) is 0 Å². The Morgan fingerprint density at radius 1 is 0.950 bits per heavy atom. The first kappa shape index (κ1) is 12.7. The molecule has 100 valence electrons. The van der Waals surface area contributed by atoms with Crippen LogP contribution in [0, 0.1) is 0 Å². The number of aldehydes is 1. The van der Waals surface area contributed by atoms with Crippen LogP contribution in [-0.4, -0.2) is 10.9 Å². The topological polar surface area (TPSA) is 22.0 Å². The van der Waals surface area contributed by atoms with Crippen molar-refractivity contribution in [2.75, 3.05) is 0 Å². The van der Waals surface area contributed by atoms with E-state index >= 15 is 0 Å². The summed E-state index contributed by atoms with van der Waals surface area (Å²) >= 11 is 0. The number of carbonyl (C=O) groups is 1. The van der Waals surface area contributed by atoms with Gasteiger partial charge in [-0.05, 0) is 23.6 Å². The first-order valence-electron chi connectivity index (χ1n) is 6.93. The normalized spacial score (nSPS) is 10.8. The van der Waals surface area contributed by atoms with Gasteiger partial charge >= 0.3 is 0 Å². The maximum Gasteiger partial charge on any atom is 0.120 e. The standard InChI is InChI=1S/C18H17NO/c20-12-6-9-16-14-19(13-15-7-2-1-3-8-15)18-11-5-4-10-17(16)18/h1-5,7-8,10-12,14H,6,9,13H2. The van der Waals surface area contributed by atoms with E-state index in [-0.39, 0.29) is 0 Å². The van der Waals surface area contributed by atoms with Crippen LogP contribution >= 0.6 is 0 Å². The second kappa shape index (κ2) is 5.74. The summed E-state index contributed by atoms with van der Waals surface area (Å²) in [7, 11) is 0. The first-order chi connectivity index (χ1) is 9.88. The number of benzene rings is 2. The van der Waals surface area contributed by atoms with Crippen LogP contribution < -0.4 is 0 Å². The van der Waals surface area contributed by atoms with Gasteiger partial charge in [-0.15, -0.1) is 0 Å². The Bertz CT molecular complexity index is 713. The third-order valence-corrected chi connectivity index (χ3v) is 3.60. The molecule has 0 aliphatic heterocycles. The summed E-state index contributed by atoms with van der Waals surface area (Å²) in [6.45, 7) is 0.864. The highest BCUT2D eigenvalue weighted by atomic mass is 16.1. The number of para-hydroxylation sites is 1. The predicted molar refractivity (Wildman–Crippen MR) is 81.9 cm³/mol. The zero-order valence-corrected chi connectivity index (χ0v) is 11.3. The molecule has 0 saturated carbocycles. The lowest BCUT2D eigenvalue weighted by Gasteiger charge is -2.05. The largest absolute Gasteiger partial charge is 0.343 e. The molecule has 0 amide bonds. The zero-order chi connectivity index (χ0) is 13.8. The first-order valence-corrected chi connectivity index (χ1v) is 6.93. The van der Waals surface area contributed by atoms with Crippen molar-refractivity contribution in [3.63, 3.8) is 0 Å². The minimum Gasteiger partial charge on any atom is -0.343 e. The molecule has 3 rings (SSSR count). The van der Waals surface area contributed by atoms with Gasteiger partial charge in [-0.2, -0.15) is 0 Å². The predicted octanol–water partition coefficient (Wildman–Crippen LogP) is 3.82. The van der Waals surface area contributed by atoms with E-state index < -0.39 is 0 Å². The molecule has 2 nitrogen and oxygen atoms in total. The lowest BCUT2D eigenvalue weighted by Crippen LogP contribution is -1.97. The van der Waals surface area contributed by atoms with Gasteiger partial charge in [0.1, 0.15) is 6.29 Å². The van der Waals surface area contributed by atoms with E-state index in [0.29, 0.717) is 6.42 Å². The maximum absolute atomic E-state index is 10.6. The van der Waals surface area contributed by atoms with Crippen LogP contribution in [0.3, 0.4) is 0 Å². The van der Waals surface area contributed by atoms with E-state index in [9.17, 15) is 4.79 Å². The van der Waals surface area contributed by atoms with Crippen molar-refractivity contribution in [2.24, 2.45) is 0 Å². The van der Waals surface area contributed by atoms with Gasteiger partial charge in [0, 0.05) is 30.1 Å². The maximum atomic E-state index is 10.6. The molecule has 0 N–H and O–H groups in total. The highest BCUT2D eigenvalue weighted by Gasteiger charge is 2.07. The summed E-state index contributed by atoms with van der Waals surface area (Å²) in [6, 6.07) is 18.8. The van der Waals surface area contributed by atoms with Crippen LogP contribution in [0.2, 0.25) is 0 Å². The molecule has 20 heavy (non-hydrogen) atoms. The summed E-state index contributed by atoms with van der Waals surface area (Å²) in [5.74, 6) is 0. The number of hydrogen-bond acceptors (Lipinski definition) is 1. The Morgan fingerprint density at radius 3 is 2.50 bits per heavy atom. The number of nitrogens with zero attached hydrogens (tertiary/aromatic N) is 1. The molecule has 0 atom stereocenters. The minimum atomic E-state index is 0.583. The van der Waals surface area contributed by atoms with Gasteiger partial charge < -0.3 is 9.36 Å². The number of carbonyl (C=O) groups excluding carboxylic acids is 1. The van der Waals surface area contributed by atoms with Gasteiger partial charge in [0.05, 0.1) is 0 Å². The zero-order valence-electron chi connectivity index (χ0n) is 11.3. The highest BCUT2D eigenvalue weighted by Crippen LogP contribution is 2.23. The van der Waals surface area contributed by atoms with E-state index in [1.807, 2.05) is 6.07 Å². The van der Waals surface area contributed by atoms with Crippen LogP contribution in [0.5, 0.6) is 0 Å². The fourth-order valence-electron chi connectivity index (χ4n) is 2.65. The fourth-order valence-corrected chi connectivity index (χ4v) is 2.65. The van der Waals surface area contributed by atoms with Crippen molar-refractivity contribution in [3.8, 4) is 0 Å². The van der Waals surface area contributed by atoms with Crippen molar-refractivity contribution >= 4 is 17.2 Å². The average molecular weight is 263 g/mol. The molecular weight excluding hydrogens is 246 g/mol. The van der Waals surface area contributed by atoms with Crippen molar-refractivity contribution in [3.05, 3.63) is 71.9 Å². The van der Waals surface area contributed by atoms with Gasteiger partial charge in [-0.25, -0.2) is 0 Å². The van der Waals surface area contributed by atoms with E-state index in [0.717, 1.165) is 19.3 Å². The minimum absolute atomic E-state index is 0.583. The van der Waals surface area contributed by atoms with Crippen molar-refractivity contribution < 1.29 is 4.79 Å². The molecule has 0 unspecified atom stereocenters. The lowest BCUT2D eigenvalue weighted by molar-refractivity contribution is -0.107. The average Bonchev–Trinajstić information content (AvgIpc) is 2.85. The molecule has 3 aromatic rings. The molecule has 2 aromatic carbocycles. The van der Waals surface area contributed by atoms with Crippen LogP contribution in [-0.2, 0) is 17.8 Å². The summed E-state index contributed by atoms with van der Waals surface area (Å²) in [5.41, 5.74) is 3.77. The summed E-state index contributed by atoms with van der Waals surface area (Å²) in [6.07, 6.45) is 4.57. The van der Waals surface area contributed by atoms with E-state index in [2.05, 4.69) is 59.3 Å². The third kappa shape index (κ3) is 2.50. The van der Waals surface area contributed by atoms with Crippen molar-refractivity contribution in [1.82, 2.24) is 4.57 Å². The quantitative estimate of drug-likeness (QED) is 0.641. The Kier molecular flexibility index (Phi) is 3.64. The monoisotopic (exact) mass is 263 g/mol. The van der Waals surface area contributed by atoms with Gasteiger partial charge in [-0.1, -0.05) is 48.5 Å². The molecule has 0 aliphatic carbocycles. The van der Waals surface area contributed by atoms with Crippen LogP contribution in [0.25, 0.3) is 10.9 Å². The Hall–Kier alpha value is -2.35. The number of aryl methyl sites for hydroxylation is 1. The molecule has 1 heterocycles. The van der Waals surface area contributed by atoms with E-state index in [1.54, 1.807) is 0 Å². The second-order valence-corrected chi connectivity index (χ2v) is 4.99. The van der Waals surface area contributed by atoms with Gasteiger partial charge in [0.15, 0.2) is 0 Å². The molecule has 1 aromatic heterocycles. The van der Waals surface area contributed by atoms with Crippen LogP contribution in [0.1, 0.15) is 17.5 Å². The van der Waals surface area contributed by atoms with Gasteiger partial charge in [-0.3, -0.25) is 0 Å². The van der Waals surface area contributed by atoms with E-state index in [4.69, 9.17) is 0 Å². The molecule has 0 fully saturated rings. The summed E-state index contributed by atoms with van der Waals surface area (Å²) in [5, 5.41) is 1.25. The molecule has 0 aliphatic rings. The molecule has 0 bridgehead atoms. The third-order valence-electron chi connectivity index (χ3n) is 3.60. The summed E-state index contributed by atoms with van der Waals surface area (Å²) < 4.78 is 2.27. The molecule has 0 saturated heterocycles.